The van der Waals surface area contributed by atoms with Crippen molar-refractivity contribution in [3.63, 3.8) is 0 Å². The van der Waals surface area contributed by atoms with Crippen LogP contribution in [-0.2, 0) is 4.79 Å². The summed E-state index contributed by atoms with van der Waals surface area (Å²) in [5, 5.41) is 0.724. The molecule has 1 aliphatic rings. The van der Waals surface area contributed by atoms with Gasteiger partial charge >= 0.3 is 0 Å². The molecule has 1 unspecified atom stereocenters. The zero-order valence-corrected chi connectivity index (χ0v) is 15.2. The van der Waals surface area contributed by atoms with Crippen molar-refractivity contribution < 1.29 is 4.79 Å². The first kappa shape index (κ1) is 16.3. The molecule has 1 fully saturated rings. The Balaban J connectivity index is 1.96. The van der Waals surface area contributed by atoms with Crippen molar-refractivity contribution in [3.05, 3.63) is 63.6 Å². The lowest BCUT2D eigenvalue weighted by molar-refractivity contribution is -0.129. The van der Waals surface area contributed by atoms with E-state index in [1.54, 1.807) is 6.92 Å². The average molecular weight is 394 g/mol. The maximum Gasteiger partial charge on any atom is 0.219 e. The number of carbonyl (C=O) groups excluding carboxylic acids is 1. The van der Waals surface area contributed by atoms with Crippen molar-refractivity contribution >= 4 is 39.1 Å². The van der Waals surface area contributed by atoms with Crippen LogP contribution in [0.4, 0.5) is 5.69 Å². The molecule has 1 aliphatic heterocycles. The monoisotopic (exact) mass is 392 g/mol. The van der Waals surface area contributed by atoms with Gasteiger partial charge in [-0.1, -0.05) is 45.7 Å². The lowest BCUT2D eigenvalue weighted by Gasteiger charge is -2.43. The molecule has 2 aromatic carbocycles. The number of amides is 1. The van der Waals surface area contributed by atoms with Crippen molar-refractivity contribution in [2.75, 3.05) is 24.5 Å². The quantitative estimate of drug-likeness (QED) is 0.749. The zero-order valence-electron chi connectivity index (χ0n) is 12.9. The molecule has 1 amide bonds. The summed E-state index contributed by atoms with van der Waals surface area (Å²) in [4.78, 5) is 16.1. The second kappa shape index (κ2) is 6.93. The largest absolute Gasteiger partial charge is 0.361 e. The summed E-state index contributed by atoms with van der Waals surface area (Å²) in [5.74, 6) is 0.123. The van der Waals surface area contributed by atoms with Gasteiger partial charge in [-0.05, 0) is 35.9 Å². The molecular weight excluding hydrogens is 376 g/mol. The molecule has 0 saturated carbocycles. The van der Waals surface area contributed by atoms with Gasteiger partial charge in [0.1, 0.15) is 0 Å². The molecule has 0 bridgehead atoms. The minimum Gasteiger partial charge on any atom is -0.361 e. The molecule has 0 radical (unpaired) electrons. The van der Waals surface area contributed by atoms with Gasteiger partial charge in [0.05, 0.1) is 6.04 Å². The average Bonchev–Trinajstić information content (AvgIpc) is 2.55. The number of benzene rings is 2. The van der Waals surface area contributed by atoms with Crippen molar-refractivity contribution in [1.82, 2.24) is 4.90 Å². The summed E-state index contributed by atoms with van der Waals surface area (Å²) >= 11 is 9.56. The van der Waals surface area contributed by atoms with E-state index >= 15 is 0 Å². The molecule has 1 heterocycles. The minimum atomic E-state index is 0.123. The van der Waals surface area contributed by atoms with Crippen LogP contribution in [0, 0.1) is 0 Å². The van der Waals surface area contributed by atoms with E-state index in [1.165, 1.54) is 5.56 Å². The first-order chi connectivity index (χ1) is 11.0. The predicted molar refractivity (Wildman–Crippen MR) is 97.9 cm³/mol. The van der Waals surface area contributed by atoms with E-state index in [9.17, 15) is 4.79 Å². The van der Waals surface area contributed by atoms with Crippen LogP contribution >= 0.6 is 27.5 Å². The third-order valence-electron chi connectivity index (χ3n) is 4.22. The molecule has 0 aromatic heterocycles. The topological polar surface area (TPSA) is 23.6 Å². The van der Waals surface area contributed by atoms with E-state index < -0.39 is 0 Å². The number of anilines is 1. The van der Waals surface area contributed by atoms with E-state index in [0.29, 0.717) is 6.54 Å². The van der Waals surface area contributed by atoms with Crippen LogP contribution in [0.25, 0.3) is 0 Å². The molecule has 1 saturated heterocycles. The summed E-state index contributed by atoms with van der Waals surface area (Å²) < 4.78 is 1.05. The summed E-state index contributed by atoms with van der Waals surface area (Å²) in [6.45, 7) is 3.87. The van der Waals surface area contributed by atoms with Crippen LogP contribution in [-0.4, -0.2) is 30.4 Å². The Bertz CT molecular complexity index is 704. The lowest BCUT2D eigenvalue weighted by atomic mass is 10.0. The van der Waals surface area contributed by atoms with Gasteiger partial charge in [-0.15, -0.1) is 0 Å². The van der Waals surface area contributed by atoms with Gasteiger partial charge in [-0.2, -0.15) is 0 Å². The third-order valence-corrected chi connectivity index (χ3v) is 4.97. The fourth-order valence-corrected chi connectivity index (χ4v) is 3.52. The van der Waals surface area contributed by atoms with Crippen LogP contribution in [0.3, 0.4) is 0 Å². The van der Waals surface area contributed by atoms with Gasteiger partial charge in [-0.25, -0.2) is 0 Å². The van der Waals surface area contributed by atoms with Gasteiger partial charge in [0, 0.05) is 41.7 Å². The van der Waals surface area contributed by atoms with E-state index in [0.717, 1.165) is 28.3 Å². The normalized spacial score (nSPS) is 18.1. The second-order valence-electron chi connectivity index (χ2n) is 5.71. The lowest BCUT2D eigenvalue weighted by Crippen LogP contribution is -2.50. The zero-order chi connectivity index (χ0) is 16.4. The highest BCUT2D eigenvalue weighted by Crippen LogP contribution is 2.32. The smallest absolute Gasteiger partial charge is 0.219 e. The Labute approximate surface area is 150 Å². The van der Waals surface area contributed by atoms with E-state index in [4.69, 9.17) is 11.6 Å². The summed E-state index contributed by atoms with van der Waals surface area (Å²) in [7, 11) is 0. The number of nitrogens with zero attached hydrogens (tertiary/aromatic N) is 2. The third kappa shape index (κ3) is 3.70. The molecule has 5 heteroatoms. The van der Waals surface area contributed by atoms with Gasteiger partial charge in [0.15, 0.2) is 0 Å². The predicted octanol–water partition coefficient (Wildman–Crippen LogP) is 4.51. The fourth-order valence-electron chi connectivity index (χ4n) is 3.00. The van der Waals surface area contributed by atoms with E-state index in [-0.39, 0.29) is 11.9 Å². The number of hydrogen-bond donors (Lipinski definition) is 0. The van der Waals surface area contributed by atoms with Crippen molar-refractivity contribution in [2.24, 2.45) is 0 Å². The number of hydrogen-bond acceptors (Lipinski definition) is 2. The van der Waals surface area contributed by atoms with Crippen molar-refractivity contribution in [3.8, 4) is 0 Å². The van der Waals surface area contributed by atoms with Crippen molar-refractivity contribution in [2.45, 2.75) is 13.0 Å². The van der Waals surface area contributed by atoms with Gasteiger partial charge < -0.3 is 9.80 Å². The van der Waals surface area contributed by atoms with Gasteiger partial charge in [-0.3, -0.25) is 4.79 Å². The Hall–Kier alpha value is -1.52. The minimum absolute atomic E-state index is 0.123. The SMILES string of the molecule is CC(=O)N1CCN(c2cccc(Br)c2)C(c2ccc(Cl)cc2)C1. The first-order valence-electron chi connectivity index (χ1n) is 7.58. The first-order valence-corrected chi connectivity index (χ1v) is 8.75. The molecule has 3 nitrogen and oxygen atoms in total. The number of rotatable bonds is 2. The van der Waals surface area contributed by atoms with Crippen LogP contribution in [0.5, 0.6) is 0 Å². The highest BCUT2D eigenvalue weighted by atomic mass is 79.9. The summed E-state index contributed by atoms with van der Waals surface area (Å²) in [6.07, 6.45) is 0. The van der Waals surface area contributed by atoms with E-state index in [1.807, 2.05) is 41.3 Å². The van der Waals surface area contributed by atoms with Crippen molar-refractivity contribution in [1.29, 1.82) is 0 Å². The molecule has 0 spiro atoms. The van der Waals surface area contributed by atoms with Crippen LogP contribution < -0.4 is 4.90 Å². The standard InChI is InChI=1S/C18H18BrClN2O/c1-13(23)21-9-10-22(17-4-2-3-15(19)11-17)18(12-21)14-5-7-16(20)8-6-14/h2-8,11,18H,9-10,12H2,1H3. The fraction of sp³-hybridized carbons (Fsp3) is 0.278. The maximum atomic E-state index is 11.8. The molecule has 0 N–H and O–H groups in total. The van der Waals surface area contributed by atoms with Gasteiger partial charge in [0.2, 0.25) is 5.91 Å². The van der Waals surface area contributed by atoms with Crippen LogP contribution in [0.1, 0.15) is 18.5 Å². The second-order valence-corrected chi connectivity index (χ2v) is 7.06. The number of halogens is 2. The molecular formula is C18H18BrClN2O. The molecule has 23 heavy (non-hydrogen) atoms. The molecule has 3 rings (SSSR count). The Morgan fingerprint density at radius 1 is 1.17 bits per heavy atom. The number of piperazine rings is 1. The van der Waals surface area contributed by atoms with Crippen LogP contribution in [0.2, 0.25) is 5.02 Å². The number of carbonyl (C=O) groups is 1. The Morgan fingerprint density at radius 3 is 2.57 bits per heavy atom. The van der Waals surface area contributed by atoms with Gasteiger partial charge in [0.25, 0.3) is 0 Å². The Kier molecular flexibility index (Phi) is 4.93. The summed E-state index contributed by atoms with van der Waals surface area (Å²) in [6, 6.07) is 16.3. The highest BCUT2D eigenvalue weighted by molar-refractivity contribution is 9.10. The maximum absolute atomic E-state index is 11.8. The molecule has 120 valence electrons. The Morgan fingerprint density at radius 2 is 1.91 bits per heavy atom. The molecule has 2 aromatic rings. The molecule has 1 atom stereocenters. The molecule has 0 aliphatic carbocycles. The highest BCUT2D eigenvalue weighted by Gasteiger charge is 2.29. The van der Waals surface area contributed by atoms with Crippen LogP contribution in [0.15, 0.2) is 53.0 Å². The van der Waals surface area contributed by atoms with E-state index in [2.05, 4.69) is 33.0 Å². The summed E-state index contributed by atoms with van der Waals surface area (Å²) in [5.41, 5.74) is 2.32.